The van der Waals surface area contributed by atoms with Crippen molar-refractivity contribution in [1.29, 1.82) is 0 Å². The summed E-state index contributed by atoms with van der Waals surface area (Å²) in [7, 11) is -1.73. The molecular weight excluding hydrogens is 202 g/mol. The molecule has 0 saturated heterocycles. The van der Waals surface area contributed by atoms with Gasteiger partial charge in [0.2, 0.25) is 0 Å². The number of rotatable bonds is 7. The average molecular weight is 223 g/mol. The SMILES string of the molecule is CCNCCNS(=O)(=O)N(C)C(C)C. The van der Waals surface area contributed by atoms with Crippen molar-refractivity contribution < 1.29 is 8.42 Å². The van der Waals surface area contributed by atoms with Crippen LogP contribution in [0.3, 0.4) is 0 Å². The van der Waals surface area contributed by atoms with E-state index < -0.39 is 10.2 Å². The highest BCUT2D eigenvalue weighted by atomic mass is 32.2. The highest BCUT2D eigenvalue weighted by Crippen LogP contribution is 1.99. The number of nitrogens with one attached hydrogen (secondary N) is 2. The predicted octanol–water partition coefficient (Wildman–Crippen LogP) is -0.229. The molecule has 0 aliphatic rings. The standard InChI is InChI=1S/C8H21N3O2S/c1-5-9-6-7-10-14(12,13)11(4)8(2)3/h8-10H,5-7H2,1-4H3. The maximum absolute atomic E-state index is 11.5. The van der Waals surface area contributed by atoms with E-state index >= 15 is 0 Å². The zero-order valence-corrected chi connectivity index (χ0v) is 10.2. The second-order valence-electron chi connectivity index (χ2n) is 3.36. The summed E-state index contributed by atoms with van der Waals surface area (Å²) in [6.07, 6.45) is 0. The van der Waals surface area contributed by atoms with Crippen molar-refractivity contribution in [1.82, 2.24) is 14.3 Å². The minimum absolute atomic E-state index is 0.0216. The van der Waals surface area contributed by atoms with Crippen LogP contribution in [0.5, 0.6) is 0 Å². The van der Waals surface area contributed by atoms with Crippen molar-refractivity contribution >= 4 is 10.2 Å². The van der Waals surface area contributed by atoms with Crippen LogP contribution in [0.25, 0.3) is 0 Å². The second kappa shape index (κ2) is 6.34. The molecule has 0 amide bonds. The molecule has 0 aromatic carbocycles. The minimum atomic E-state index is -3.30. The van der Waals surface area contributed by atoms with Gasteiger partial charge in [0.15, 0.2) is 0 Å². The van der Waals surface area contributed by atoms with Crippen LogP contribution in [0.15, 0.2) is 0 Å². The Morgan fingerprint density at radius 1 is 1.29 bits per heavy atom. The van der Waals surface area contributed by atoms with Crippen molar-refractivity contribution in [3.05, 3.63) is 0 Å². The topological polar surface area (TPSA) is 61.4 Å². The van der Waals surface area contributed by atoms with Gasteiger partial charge in [0.05, 0.1) is 0 Å². The fourth-order valence-electron chi connectivity index (χ4n) is 0.825. The fraction of sp³-hybridized carbons (Fsp3) is 1.00. The van der Waals surface area contributed by atoms with Crippen LogP contribution >= 0.6 is 0 Å². The van der Waals surface area contributed by atoms with Crippen LogP contribution in [-0.2, 0) is 10.2 Å². The van der Waals surface area contributed by atoms with E-state index in [1.807, 2.05) is 20.8 Å². The quantitative estimate of drug-likeness (QED) is 0.586. The fourth-order valence-corrected chi connectivity index (χ4v) is 1.94. The van der Waals surface area contributed by atoms with E-state index in [4.69, 9.17) is 0 Å². The van der Waals surface area contributed by atoms with Crippen LogP contribution in [-0.4, -0.2) is 45.4 Å². The number of nitrogens with zero attached hydrogens (tertiary/aromatic N) is 1. The lowest BCUT2D eigenvalue weighted by Crippen LogP contribution is -2.43. The molecule has 86 valence electrons. The molecule has 0 aliphatic heterocycles. The van der Waals surface area contributed by atoms with Gasteiger partial charge >= 0.3 is 0 Å². The summed E-state index contributed by atoms with van der Waals surface area (Å²) in [6, 6.07) is -0.0216. The van der Waals surface area contributed by atoms with Gasteiger partial charge in [-0.1, -0.05) is 6.92 Å². The van der Waals surface area contributed by atoms with Gasteiger partial charge in [-0.25, -0.2) is 4.72 Å². The highest BCUT2D eigenvalue weighted by molar-refractivity contribution is 7.87. The zero-order valence-electron chi connectivity index (χ0n) is 9.37. The van der Waals surface area contributed by atoms with E-state index in [1.54, 1.807) is 7.05 Å². The van der Waals surface area contributed by atoms with Gasteiger partial charge in [-0.3, -0.25) is 0 Å². The van der Waals surface area contributed by atoms with E-state index in [0.717, 1.165) is 6.54 Å². The van der Waals surface area contributed by atoms with Gasteiger partial charge in [0, 0.05) is 26.2 Å². The Labute approximate surface area is 87.0 Å². The molecule has 0 spiro atoms. The lowest BCUT2D eigenvalue weighted by atomic mass is 10.4. The Hall–Kier alpha value is -0.170. The smallest absolute Gasteiger partial charge is 0.279 e. The molecule has 0 aliphatic carbocycles. The molecule has 0 unspecified atom stereocenters. The molecule has 2 N–H and O–H groups in total. The molecular formula is C8H21N3O2S. The average Bonchev–Trinajstić information content (AvgIpc) is 2.11. The lowest BCUT2D eigenvalue weighted by molar-refractivity contribution is 0.402. The Morgan fingerprint density at radius 2 is 1.86 bits per heavy atom. The predicted molar refractivity (Wildman–Crippen MR) is 58.4 cm³/mol. The van der Waals surface area contributed by atoms with Crippen LogP contribution in [0.1, 0.15) is 20.8 Å². The number of hydrogen-bond donors (Lipinski definition) is 2. The van der Waals surface area contributed by atoms with Crippen molar-refractivity contribution in [3.8, 4) is 0 Å². The largest absolute Gasteiger partial charge is 0.316 e. The van der Waals surface area contributed by atoms with Gasteiger partial charge in [0.25, 0.3) is 10.2 Å². The molecule has 0 rings (SSSR count). The minimum Gasteiger partial charge on any atom is -0.316 e. The van der Waals surface area contributed by atoms with Gasteiger partial charge in [-0.15, -0.1) is 0 Å². The summed E-state index contributed by atoms with van der Waals surface area (Å²) in [5.74, 6) is 0. The van der Waals surface area contributed by atoms with E-state index in [0.29, 0.717) is 13.1 Å². The van der Waals surface area contributed by atoms with Gasteiger partial charge in [0.1, 0.15) is 0 Å². The molecule has 0 aromatic rings. The third-order valence-corrected chi connectivity index (χ3v) is 3.69. The third kappa shape index (κ3) is 4.90. The van der Waals surface area contributed by atoms with Crippen LogP contribution in [0.4, 0.5) is 0 Å². The van der Waals surface area contributed by atoms with E-state index in [9.17, 15) is 8.42 Å². The van der Waals surface area contributed by atoms with Crippen LogP contribution < -0.4 is 10.0 Å². The van der Waals surface area contributed by atoms with Gasteiger partial charge in [-0.05, 0) is 20.4 Å². The Kier molecular flexibility index (Phi) is 6.26. The molecule has 0 fully saturated rings. The summed E-state index contributed by atoms with van der Waals surface area (Å²) in [4.78, 5) is 0. The lowest BCUT2D eigenvalue weighted by Gasteiger charge is -2.21. The number of likely N-dealkylation sites (N-methyl/N-ethyl adjacent to an activating group) is 1. The highest BCUT2D eigenvalue weighted by Gasteiger charge is 2.18. The van der Waals surface area contributed by atoms with E-state index in [1.165, 1.54) is 4.31 Å². The summed E-state index contributed by atoms with van der Waals surface area (Å²) >= 11 is 0. The molecule has 0 saturated carbocycles. The first-order valence-electron chi connectivity index (χ1n) is 4.85. The first-order valence-corrected chi connectivity index (χ1v) is 6.29. The van der Waals surface area contributed by atoms with E-state index in [2.05, 4.69) is 10.0 Å². The van der Waals surface area contributed by atoms with Crippen molar-refractivity contribution in [3.63, 3.8) is 0 Å². The first kappa shape index (κ1) is 13.8. The molecule has 5 nitrogen and oxygen atoms in total. The zero-order chi connectivity index (χ0) is 11.2. The van der Waals surface area contributed by atoms with Crippen molar-refractivity contribution in [2.45, 2.75) is 26.8 Å². The molecule has 0 radical (unpaired) electrons. The summed E-state index contributed by atoms with van der Waals surface area (Å²) in [5.41, 5.74) is 0. The Balaban J connectivity index is 3.96. The first-order chi connectivity index (χ1) is 6.41. The third-order valence-electron chi connectivity index (χ3n) is 1.94. The maximum atomic E-state index is 11.5. The normalized spacial score (nSPS) is 12.7. The van der Waals surface area contributed by atoms with Crippen LogP contribution in [0, 0.1) is 0 Å². The van der Waals surface area contributed by atoms with Crippen molar-refractivity contribution in [2.24, 2.45) is 0 Å². The molecule has 14 heavy (non-hydrogen) atoms. The van der Waals surface area contributed by atoms with Gasteiger partial charge < -0.3 is 5.32 Å². The van der Waals surface area contributed by atoms with Crippen molar-refractivity contribution in [2.75, 3.05) is 26.7 Å². The second-order valence-corrected chi connectivity index (χ2v) is 5.18. The number of hydrogen-bond acceptors (Lipinski definition) is 3. The molecule has 0 aromatic heterocycles. The maximum Gasteiger partial charge on any atom is 0.279 e. The van der Waals surface area contributed by atoms with Crippen LogP contribution in [0.2, 0.25) is 0 Å². The van der Waals surface area contributed by atoms with Gasteiger partial charge in [-0.2, -0.15) is 12.7 Å². The molecule has 0 heterocycles. The summed E-state index contributed by atoms with van der Waals surface area (Å²) in [6.45, 7) is 7.58. The molecule has 0 atom stereocenters. The summed E-state index contributed by atoms with van der Waals surface area (Å²) in [5, 5.41) is 3.04. The monoisotopic (exact) mass is 223 g/mol. The molecule has 0 bridgehead atoms. The Bertz CT molecular complexity index is 239. The van der Waals surface area contributed by atoms with E-state index in [-0.39, 0.29) is 6.04 Å². The molecule has 6 heteroatoms. The summed E-state index contributed by atoms with van der Waals surface area (Å²) < 4.78 is 26.9. The Morgan fingerprint density at radius 3 is 2.29 bits per heavy atom.